The van der Waals surface area contributed by atoms with Crippen LogP contribution in [0.2, 0.25) is 0 Å². The van der Waals surface area contributed by atoms with Crippen LogP contribution in [-0.4, -0.2) is 22.9 Å². The summed E-state index contributed by atoms with van der Waals surface area (Å²) in [6.07, 6.45) is 12.5. The zero-order chi connectivity index (χ0) is 24.2. The number of benzene rings is 2. The first-order valence-corrected chi connectivity index (χ1v) is 13.5. The zero-order valence-electron chi connectivity index (χ0n) is 18.4. The van der Waals surface area contributed by atoms with Crippen molar-refractivity contribution in [3.05, 3.63) is 70.0 Å². The van der Waals surface area contributed by atoms with Crippen LogP contribution >= 0.6 is 47.8 Å². The largest absolute Gasteiger partial charge is 0.366 e. The highest BCUT2D eigenvalue weighted by atomic mass is 79.9. The van der Waals surface area contributed by atoms with Gasteiger partial charge in [-0.15, -0.1) is 0 Å². The minimum Gasteiger partial charge on any atom is -0.366 e. The number of nitro groups is 2. The molecule has 0 radical (unpaired) electrons. The molecular formula is C23H28Br3N3O4. The average molecular weight is 650 g/mol. The van der Waals surface area contributed by atoms with Gasteiger partial charge in [-0.2, -0.15) is 0 Å². The molecule has 0 amide bonds. The molecule has 1 aliphatic carbocycles. The Labute approximate surface area is 219 Å². The van der Waals surface area contributed by atoms with Gasteiger partial charge in [-0.25, -0.2) is 0 Å². The van der Waals surface area contributed by atoms with Crippen LogP contribution in [0.25, 0.3) is 0 Å². The molecule has 33 heavy (non-hydrogen) atoms. The summed E-state index contributed by atoms with van der Waals surface area (Å²) in [6, 6.07) is 9.82. The van der Waals surface area contributed by atoms with Gasteiger partial charge in [0.15, 0.2) is 0 Å². The minimum atomic E-state index is -0.434. The maximum Gasteiger partial charge on any atom is 0.292 e. The maximum absolute atomic E-state index is 10.9. The predicted molar refractivity (Wildman–Crippen MR) is 143 cm³/mol. The van der Waals surface area contributed by atoms with Crippen molar-refractivity contribution < 1.29 is 9.85 Å². The maximum atomic E-state index is 10.9. The van der Waals surface area contributed by atoms with E-state index in [1.165, 1.54) is 51.0 Å². The molecule has 2 aromatic rings. The van der Waals surface area contributed by atoms with Gasteiger partial charge in [-0.05, 0) is 59.5 Å². The number of halogens is 3. The molecule has 0 aromatic heterocycles. The van der Waals surface area contributed by atoms with Crippen LogP contribution in [0.3, 0.4) is 0 Å². The summed E-state index contributed by atoms with van der Waals surface area (Å²) in [5, 5.41) is 21.2. The van der Waals surface area contributed by atoms with Crippen LogP contribution in [0.5, 0.6) is 0 Å². The molecule has 0 unspecified atom stereocenters. The van der Waals surface area contributed by atoms with Gasteiger partial charge in [0, 0.05) is 34.2 Å². The van der Waals surface area contributed by atoms with E-state index in [0.29, 0.717) is 4.47 Å². The van der Waals surface area contributed by atoms with Crippen LogP contribution in [0.1, 0.15) is 57.8 Å². The Morgan fingerprint density at radius 3 is 1.52 bits per heavy atom. The molecule has 2 aliphatic rings. The van der Waals surface area contributed by atoms with E-state index in [9.17, 15) is 20.2 Å². The van der Waals surface area contributed by atoms with E-state index in [0.717, 1.165) is 40.6 Å². The Bertz CT molecular complexity index is 922. The topological polar surface area (TPSA) is 89.5 Å². The number of anilines is 1. The molecule has 1 aliphatic heterocycles. The summed E-state index contributed by atoms with van der Waals surface area (Å²) in [6.45, 7) is 1.83. The van der Waals surface area contributed by atoms with Crippen molar-refractivity contribution in [1.29, 1.82) is 0 Å². The summed E-state index contributed by atoms with van der Waals surface area (Å²) in [4.78, 5) is 22.6. The molecule has 7 nitrogen and oxygen atoms in total. The monoisotopic (exact) mass is 647 g/mol. The average Bonchev–Trinajstić information content (AvgIpc) is 2.81. The van der Waals surface area contributed by atoms with E-state index in [1.807, 2.05) is 6.07 Å². The molecule has 4 rings (SSSR count). The summed E-state index contributed by atoms with van der Waals surface area (Å²) >= 11 is 9.63. The predicted octanol–water partition coefficient (Wildman–Crippen LogP) is 8.81. The molecule has 1 saturated heterocycles. The van der Waals surface area contributed by atoms with Crippen molar-refractivity contribution >= 4 is 64.9 Å². The lowest BCUT2D eigenvalue weighted by Crippen LogP contribution is -2.29. The molecule has 0 N–H and O–H groups in total. The number of piperidine rings is 1. The van der Waals surface area contributed by atoms with Crippen molar-refractivity contribution in [3.63, 3.8) is 0 Å². The number of hydrogen-bond acceptors (Lipinski definition) is 5. The Kier molecular flexibility index (Phi) is 12.3. The fraction of sp³-hybridized carbons (Fsp3) is 0.478. The van der Waals surface area contributed by atoms with Crippen molar-refractivity contribution in [2.24, 2.45) is 0 Å². The second-order valence-corrected chi connectivity index (χ2v) is 10.6. The van der Waals surface area contributed by atoms with Crippen molar-refractivity contribution in [2.45, 2.75) is 57.8 Å². The summed E-state index contributed by atoms with van der Waals surface area (Å²) in [5.74, 6) is 0. The van der Waals surface area contributed by atoms with E-state index < -0.39 is 4.92 Å². The smallest absolute Gasteiger partial charge is 0.292 e. The SMILES string of the molecule is C1CCCCC1.O=[N+]([O-])c1ccc(Br)cc1Br.O=[N+]([O-])c1ccc(Br)cc1N1CCCCC1. The molecule has 2 aromatic carbocycles. The minimum absolute atomic E-state index is 0.0770. The fourth-order valence-electron chi connectivity index (χ4n) is 3.73. The summed E-state index contributed by atoms with van der Waals surface area (Å²) in [5.41, 5.74) is 1.01. The fourth-order valence-corrected chi connectivity index (χ4v) is 5.27. The van der Waals surface area contributed by atoms with Gasteiger partial charge in [0.05, 0.1) is 14.3 Å². The molecule has 2 fully saturated rings. The van der Waals surface area contributed by atoms with Gasteiger partial charge in [0.1, 0.15) is 5.69 Å². The number of rotatable bonds is 3. The third-order valence-corrected chi connectivity index (χ3v) is 7.06. The Morgan fingerprint density at radius 2 is 1.06 bits per heavy atom. The van der Waals surface area contributed by atoms with Crippen LogP contribution in [0.15, 0.2) is 49.8 Å². The zero-order valence-corrected chi connectivity index (χ0v) is 23.1. The lowest BCUT2D eigenvalue weighted by Gasteiger charge is -2.28. The van der Waals surface area contributed by atoms with Gasteiger partial charge < -0.3 is 4.90 Å². The van der Waals surface area contributed by atoms with Gasteiger partial charge in [0.2, 0.25) is 0 Å². The Morgan fingerprint density at radius 1 is 0.636 bits per heavy atom. The normalized spacial score (nSPS) is 15.4. The van der Waals surface area contributed by atoms with Crippen LogP contribution in [0, 0.1) is 20.2 Å². The standard InChI is InChI=1S/C11H13BrN2O2.C6H3Br2NO2.C6H12/c12-9-4-5-10(14(15)16)11(8-9)13-6-2-1-3-7-13;7-4-1-2-6(9(10)11)5(8)3-4;1-2-4-6-5-3-1/h4-5,8H,1-3,6-7H2;1-3H;1-6H2. The first kappa shape index (κ1) is 27.7. The lowest BCUT2D eigenvalue weighted by molar-refractivity contribution is -0.385. The van der Waals surface area contributed by atoms with Crippen molar-refractivity contribution in [3.8, 4) is 0 Å². The third kappa shape index (κ3) is 9.70. The molecule has 0 atom stereocenters. The van der Waals surface area contributed by atoms with E-state index >= 15 is 0 Å². The highest BCUT2D eigenvalue weighted by molar-refractivity contribution is 9.11. The quantitative estimate of drug-likeness (QED) is 0.245. The van der Waals surface area contributed by atoms with Gasteiger partial charge in [-0.3, -0.25) is 20.2 Å². The highest BCUT2D eigenvalue weighted by Crippen LogP contribution is 2.33. The molecular weight excluding hydrogens is 622 g/mol. The highest BCUT2D eigenvalue weighted by Gasteiger charge is 2.21. The lowest BCUT2D eigenvalue weighted by atomic mass is 10.0. The Hall–Kier alpha value is -1.52. The molecule has 10 heteroatoms. The van der Waals surface area contributed by atoms with E-state index in [4.69, 9.17) is 0 Å². The molecule has 180 valence electrons. The molecule has 1 heterocycles. The van der Waals surface area contributed by atoms with Gasteiger partial charge in [0.25, 0.3) is 11.4 Å². The van der Waals surface area contributed by atoms with Gasteiger partial charge in [-0.1, -0.05) is 70.4 Å². The van der Waals surface area contributed by atoms with Crippen molar-refractivity contribution in [2.75, 3.05) is 18.0 Å². The van der Waals surface area contributed by atoms with E-state index in [2.05, 4.69) is 52.7 Å². The first-order valence-electron chi connectivity index (χ1n) is 11.1. The molecule has 1 saturated carbocycles. The van der Waals surface area contributed by atoms with E-state index in [1.54, 1.807) is 24.3 Å². The van der Waals surface area contributed by atoms with Crippen LogP contribution in [0.4, 0.5) is 17.1 Å². The van der Waals surface area contributed by atoms with Crippen LogP contribution in [-0.2, 0) is 0 Å². The first-order chi connectivity index (χ1) is 15.8. The molecule has 0 bridgehead atoms. The van der Waals surface area contributed by atoms with E-state index in [-0.39, 0.29) is 16.3 Å². The number of nitro benzene ring substituents is 2. The van der Waals surface area contributed by atoms with Gasteiger partial charge >= 0.3 is 0 Å². The Balaban J connectivity index is 0.000000195. The van der Waals surface area contributed by atoms with Crippen molar-refractivity contribution in [1.82, 2.24) is 0 Å². The number of hydrogen-bond donors (Lipinski definition) is 0. The third-order valence-electron chi connectivity index (χ3n) is 5.44. The summed E-state index contributed by atoms with van der Waals surface area (Å²) in [7, 11) is 0. The second-order valence-electron chi connectivity index (χ2n) is 7.91. The summed E-state index contributed by atoms with van der Waals surface area (Å²) < 4.78 is 2.19. The second kappa shape index (κ2) is 14.7. The number of nitrogens with zero attached hydrogens (tertiary/aromatic N) is 3. The van der Waals surface area contributed by atoms with Crippen LogP contribution < -0.4 is 4.90 Å². The molecule has 0 spiro atoms.